The number of aromatic nitrogens is 1. The predicted octanol–water partition coefficient (Wildman–Crippen LogP) is 8.37. The van der Waals surface area contributed by atoms with Gasteiger partial charge < -0.3 is 10.1 Å². The molecule has 41 heavy (non-hydrogen) atoms. The molecule has 6 nitrogen and oxygen atoms in total. The first-order valence-corrected chi connectivity index (χ1v) is 16.3. The Morgan fingerprint density at radius 2 is 1.98 bits per heavy atom. The molecule has 2 aliphatic rings. The fraction of sp³-hybridized carbons (Fsp3) is 0.333. The Morgan fingerprint density at radius 3 is 2.80 bits per heavy atom. The van der Waals surface area contributed by atoms with Crippen molar-refractivity contribution in [1.82, 2.24) is 9.88 Å². The van der Waals surface area contributed by atoms with Crippen LogP contribution in [0.25, 0.3) is 6.08 Å². The number of thiazole rings is 1. The molecule has 214 valence electrons. The molecule has 2 amide bonds. The van der Waals surface area contributed by atoms with E-state index in [0.29, 0.717) is 43.8 Å². The van der Waals surface area contributed by atoms with Crippen LogP contribution in [0.5, 0.6) is 5.75 Å². The van der Waals surface area contributed by atoms with Crippen molar-refractivity contribution in [2.75, 3.05) is 11.9 Å². The van der Waals surface area contributed by atoms with Crippen molar-refractivity contribution >= 4 is 85.9 Å². The third-order valence-electron chi connectivity index (χ3n) is 6.88. The van der Waals surface area contributed by atoms with Crippen molar-refractivity contribution < 1.29 is 14.3 Å². The van der Waals surface area contributed by atoms with Crippen LogP contribution in [0.15, 0.2) is 53.6 Å². The van der Waals surface area contributed by atoms with Gasteiger partial charge in [0.05, 0.1) is 11.0 Å². The highest BCUT2D eigenvalue weighted by Gasteiger charge is 2.32. The summed E-state index contributed by atoms with van der Waals surface area (Å²) < 4.78 is 6.79. The number of carbonyl (C=O) groups excluding carboxylic acids is 2. The minimum Gasteiger partial charge on any atom is -0.490 e. The molecule has 2 fully saturated rings. The fourth-order valence-electron chi connectivity index (χ4n) is 4.80. The number of nitrogens with zero attached hydrogens (tertiary/aromatic N) is 2. The van der Waals surface area contributed by atoms with E-state index in [1.165, 1.54) is 42.4 Å². The van der Waals surface area contributed by atoms with Gasteiger partial charge in [-0.25, -0.2) is 4.98 Å². The Labute approximate surface area is 263 Å². The molecule has 1 aromatic heterocycles. The number of para-hydroxylation sites is 1. The van der Waals surface area contributed by atoms with E-state index in [4.69, 9.17) is 40.2 Å². The predicted molar refractivity (Wildman–Crippen MR) is 173 cm³/mol. The van der Waals surface area contributed by atoms with Crippen LogP contribution in [0.4, 0.5) is 5.13 Å². The number of ether oxygens (including phenoxy) is 1. The molecular weight excluding hydrogens is 617 g/mol. The zero-order chi connectivity index (χ0) is 28.8. The lowest BCUT2D eigenvalue weighted by Crippen LogP contribution is -2.29. The number of rotatable bonds is 10. The van der Waals surface area contributed by atoms with Crippen LogP contribution in [-0.4, -0.2) is 38.7 Å². The van der Waals surface area contributed by atoms with Gasteiger partial charge >= 0.3 is 0 Å². The van der Waals surface area contributed by atoms with Gasteiger partial charge in [0.25, 0.3) is 5.91 Å². The topological polar surface area (TPSA) is 71.5 Å². The number of nitrogens with one attached hydrogen (secondary N) is 1. The number of hydrogen-bond acceptors (Lipinski definition) is 7. The Bertz CT molecular complexity index is 1470. The molecule has 1 N–H and O–H groups in total. The minimum atomic E-state index is -0.165. The normalized spacial score (nSPS) is 16.9. The van der Waals surface area contributed by atoms with Gasteiger partial charge in [-0.05, 0) is 68.0 Å². The molecule has 11 heteroatoms. The van der Waals surface area contributed by atoms with E-state index in [1.807, 2.05) is 36.4 Å². The van der Waals surface area contributed by atoms with Crippen LogP contribution in [0.3, 0.4) is 0 Å². The van der Waals surface area contributed by atoms with Crippen LogP contribution in [-0.2, 0) is 16.0 Å². The second kappa shape index (κ2) is 14.2. The summed E-state index contributed by atoms with van der Waals surface area (Å²) in [5.41, 5.74) is 1.77. The van der Waals surface area contributed by atoms with Gasteiger partial charge in [-0.3, -0.25) is 14.5 Å². The van der Waals surface area contributed by atoms with Crippen molar-refractivity contribution in [2.24, 2.45) is 0 Å². The zero-order valence-electron chi connectivity index (χ0n) is 22.2. The smallest absolute Gasteiger partial charge is 0.266 e. The molecule has 3 aromatic rings. The van der Waals surface area contributed by atoms with E-state index in [9.17, 15) is 9.59 Å². The highest BCUT2D eigenvalue weighted by Crippen LogP contribution is 2.35. The SMILES string of the molecule is O=C(CCCN1C(=O)/C(=C/c2ccccc2OC2CCCCC2)SC1=S)Nc1ncc(Cc2cc(Cl)ccc2Cl)s1. The summed E-state index contributed by atoms with van der Waals surface area (Å²) >= 11 is 20.5. The van der Waals surface area contributed by atoms with E-state index in [-0.39, 0.29) is 24.3 Å². The first-order valence-electron chi connectivity index (χ1n) is 13.6. The lowest BCUT2D eigenvalue weighted by Gasteiger charge is -2.23. The molecule has 0 atom stereocenters. The van der Waals surface area contributed by atoms with Gasteiger partial charge in [0, 0.05) is 46.1 Å². The Kier molecular flexibility index (Phi) is 10.4. The maximum absolute atomic E-state index is 13.2. The Hall–Kier alpha value is -2.43. The first kappa shape index (κ1) is 30.0. The van der Waals surface area contributed by atoms with Crippen molar-refractivity contribution in [1.29, 1.82) is 0 Å². The highest BCUT2D eigenvalue weighted by atomic mass is 35.5. The molecule has 2 aromatic carbocycles. The number of thiocarbonyl (C=S) groups is 1. The van der Waals surface area contributed by atoms with Crippen molar-refractivity contribution in [3.05, 3.63) is 79.6 Å². The average molecular weight is 647 g/mol. The van der Waals surface area contributed by atoms with E-state index in [1.54, 1.807) is 23.2 Å². The second-order valence-corrected chi connectivity index (χ2v) is 13.6. The van der Waals surface area contributed by atoms with Crippen molar-refractivity contribution in [2.45, 2.75) is 57.5 Å². The van der Waals surface area contributed by atoms with Gasteiger partial charge in [-0.15, -0.1) is 11.3 Å². The molecule has 0 bridgehead atoms. The largest absolute Gasteiger partial charge is 0.490 e. The molecule has 0 unspecified atom stereocenters. The molecule has 5 rings (SSSR count). The standard InChI is InChI=1S/C30H29Cl2N3O3S3/c31-21-12-13-24(32)20(15-21)16-23-18-33-29(40-23)34-27(36)11-6-14-35-28(37)26(41-30(35)39)17-19-7-4-5-10-25(19)38-22-8-2-1-3-9-22/h4-5,7,10,12-13,15,17-18,22H,1-3,6,8-9,11,14,16H2,(H,33,34,36)/b26-17-. The zero-order valence-corrected chi connectivity index (χ0v) is 26.2. The van der Waals surface area contributed by atoms with Crippen molar-refractivity contribution in [3.8, 4) is 5.75 Å². The maximum atomic E-state index is 13.2. The lowest BCUT2D eigenvalue weighted by molar-refractivity contribution is -0.122. The molecule has 1 aliphatic carbocycles. The highest BCUT2D eigenvalue weighted by molar-refractivity contribution is 8.26. The Morgan fingerprint density at radius 1 is 1.17 bits per heavy atom. The average Bonchev–Trinajstić information content (AvgIpc) is 3.50. The number of hydrogen-bond donors (Lipinski definition) is 1. The number of halogens is 2. The monoisotopic (exact) mass is 645 g/mol. The molecule has 1 saturated heterocycles. The molecule has 0 radical (unpaired) electrons. The number of amides is 2. The quantitative estimate of drug-likeness (QED) is 0.176. The van der Waals surface area contributed by atoms with Gasteiger partial charge in [-0.2, -0.15) is 0 Å². The van der Waals surface area contributed by atoms with E-state index >= 15 is 0 Å². The van der Waals surface area contributed by atoms with E-state index < -0.39 is 0 Å². The summed E-state index contributed by atoms with van der Waals surface area (Å²) in [6.45, 7) is 0.367. The summed E-state index contributed by atoms with van der Waals surface area (Å²) in [5, 5.41) is 4.62. The lowest BCUT2D eigenvalue weighted by atomic mass is 9.97. The Balaban J connectivity index is 1.12. The number of benzene rings is 2. The molecule has 1 saturated carbocycles. The van der Waals surface area contributed by atoms with Crippen LogP contribution < -0.4 is 10.1 Å². The first-order chi connectivity index (χ1) is 19.9. The van der Waals surface area contributed by atoms with Gasteiger partial charge in [0.15, 0.2) is 5.13 Å². The van der Waals surface area contributed by atoms with Gasteiger partial charge in [-0.1, -0.05) is 71.8 Å². The number of thioether (sulfide) groups is 1. The summed E-state index contributed by atoms with van der Waals surface area (Å²) in [7, 11) is 0. The maximum Gasteiger partial charge on any atom is 0.266 e. The number of carbonyl (C=O) groups is 2. The van der Waals surface area contributed by atoms with E-state index in [2.05, 4.69) is 10.3 Å². The summed E-state index contributed by atoms with van der Waals surface area (Å²) in [6.07, 6.45) is 10.9. The second-order valence-electron chi connectivity index (χ2n) is 9.95. The summed E-state index contributed by atoms with van der Waals surface area (Å²) in [5.74, 6) is 0.487. The molecule has 0 spiro atoms. The molecule has 2 heterocycles. The fourth-order valence-corrected chi connectivity index (χ4v) is 7.33. The third kappa shape index (κ3) is 8.11. The number of anilines is 1. The summed E-state index contributed by atoms with van der Waals surface area (Å²) in [4.78, 5) is 33.1. The van der Waals surface area contributed by atoms with Gasteiger partial charge in [0.2, 0.25) is 5.91 Å². The van der Waals surface area contributed by atoms with Crippen LogP contribution in [0.2, 0.25) is 10.0 Å². The van der Waals surface area contributed by atoms with E-state index in [0.717, 1.165) is 34.6 Å². The molecule has 1 aliphatic heterocycles. The van der Waals surface area contributed by atoms with Gasteiger partial charge in [0.1, 0.15) is 10.1 Å². The van der Waals surface area contributed by atoms with Crippen LogP contribution in [0, 0.1) is 0 Å². The third-order valence-corrected chi connectivity index (χ3v) is 9.78. The minimum absolute atomic E-state index is 0.142. The van der Waals surface area contributed by atoms with Crippen LogP contribution in [0.1, 0.15) is 60.9 Å². The van der Waals surface area contributed by atoms with Crippen molar-refractivity contribution in [3.63, 3.8) is 0 Å². The molecular formula is C30H29Cl2N3O3S3. The summed E-state index contributed by atoms with van der Waals surface area (Å²) in [6, 6.07) is 13.2. The van der Waals surface area contributed by atoms with Crippen LogP contribution >= 0.6 is 58.5 Å².